The highest BCUT2D eigenvalue weighted by molar-refractivity contribution is 6.53. The lowest BCUT2D eigenvalue weighted by atomic mass is 10.1. The SMILES string of the molecule is Cc1ccc([N+](=O)[O-])cc1NC(=O)[C@@H]1[C@H](c2ccccc2)C1(Cl)Cl. The van der Waals surface area contributed by atoms with Gasteiger partial charge in [-0.05, 0) is 18.1 Å². The molecule has 0 radical (unpaired) electrons. The molecule has 1 fully saturated rings. The van der Waals surface area contributed by atoms with E-state index >= 15 is 0 Å². The van der Waals surface area contributed by atoms with Crippen molar-refractivity contribution in [3.63, 3.8) is 0 Å². The number of non-ortho nitro benzene ring substituents is 1. The Morgan fingerprint density at radius 1 is 1.21 bits per heavy atom. The molecule has 0 spiro atoms. The van der Waals surface area contributed by atoms with E-state index in [1.807, 2.05) is 30.3 Å². The molecule has 1 N–H and O–H groups in total. The fraction of sp³-hybridized carbons (Fsp3) is 0.235. The lowest BCUT2D eigenvalue weighted by Gasteiger charge is -2.08. The number of hydrogen-bond acceptors (Lipinski definition) is 3. The summed E-state index contributed by atoms with van der Waals surface area (Å²) in [5.41, 5.74) is 1.91. The molecule has 24 heavy (non-hydrogen) atoms. The molecule has 5 nitrogen and oxygen atoms in total. The summed E-state index contributed by atoms with van der Waals surface area (Å²) in [5.74, 6) is -1.26. The van der Waals surface area contributed by atoms with Crippen molar-refractivity contribution in [1.29, 1.82) is 0 Å². The van der Waals surface area contributed by atoms with Crippen LogP contribution in [0.3, 0.4) is 0 Å². The number of nitrogens with zero attached hydrogens (tertiary/aromatic N) is 1. The highest BCUT2D eigenvalue weighted by Crippen LogP contribution is 2.65. The molecule has 7 heteroatoms. The van der Waals surface area contributed by atoms with Crippen molar-refractivity contribution < 1.29 is 9.72 Å². The molecule has 0 bridgehead atoms. The number of halogens is 2. The van der Waals surface area contributed by atoms with Crippen LogP contribution in [0.4, 0.5) is 11.4 Å². The molecule has 0 aliphatic heterocycles. The minimum atomic E-state index is -1.18. The van der Waals surface area contributed by atoms with Crippen molar-refractivity contribution in [2.45, 2.75) is 17.2 Å². The van der Waals surface area contributed by atoms with Gasteiger partial charge in [0.2, 0.25) is 5.91 Å². The van der Waals surface area contributed by atoms with Gasteiger partial charge in [0, 0.05) is 18.1 Å². The Labute approximate surface area is 148 Å². The van der Waals surface area contributed by atoms with Crippen LogP contribution in [0, 0.1) is 23.0 Å². The average molecular weight is 365 g/mol. The zero-order chi connectivity index (χ0) is 17.5. The van der Waals surface area contributed by atoms with Crippen LogP contribution in [0.25, 0.3) is 0 Å². The smallest absolute Gasteiger partial charge is 0.271 e. The standard InChI is InChI=1S/C17H14Cl2N2O3/c1-10-7-8-12(21(23)24)9-13(10)20-16(22)15-14(17(15,18)19)11-5-3-2-4-6-11/h2-9,14-15H,1H3,(H,20,22)/t14-,15-/m0/s1. The maximum atomic E-state index is 12.6. The Balaban J connectivity index is 1.81. The summed E-state index contributed by atoms with van der Waals surface area (Å²) in [6, 6.07) is 13.6. The van der Waals surface area contributed by atoms with E-state index in [0.29, 0.717) is 5.69 Å². The number of benzene rings is 2. The van der Waals surface area contributed by atoms with Crippen LogP contribution in [0.15, 0.2) is 48.5 Å². The van der Waals surface area contributed by atoms with Crippen LogP contribution in [-0.4, -0.2) is 15.2 Å². The van der Waals surface area contributed by atoms with Gasteiger partial charge in [-0.2, -0.15) is 0 Å². The number of nitro benzene ring substituents is 1. The summed E-state index contributed by atoms with van der Waals surface area (Å²) in [6.45, 7) is 1.76. The van der Waals surface area contributed by atoms with Crippen molar-refractivity contribution in [3.05, 3.63) is 69.8 Å². The number of rotatable bonds is 4. The van der Waals surface area contributed by atoms with Crippen molar-refractivity contribution in [1.82, 2.24) is 0 Å². The highest BCUT2D eigenvalue weighted by atomic mass is 35.5. The van der Waals surface area contributed by atoms with Gasteiger partial charge in [0.15, 0.2) is 0 Å². The number of nitrogens with one attached hydrogen (secondary N) is 1. The van der Waals surface area contributed by atoms with Crippen LogP contribution < -0.4 is 5.32 Å². The number of nitro groups is 1. The van der Waals surface area contributed by atoms with Crippen LogP contribution in [0.5, 0.6) is 0 Å². The molecule has 1 aliphatic rings. The van der Waals surface area contributed by atoms with Crippen molar-refractivity contribution in [2.24, 2.45) is 5.92 Å². The fourth-order valence-corrected chi connectivity index (χ4v) is 3.62. The predicted octanol–water partition coefficient (Wildman–Crippen LogP) is 4.43. The molecule has 1 amide bonds. The van der Waals surface area contributed by atoms with E-state index in [1.165, 1.54) is 12.1 Å². The van der Waals surface area contributed by atoms with E-state index < -0.39 is 15.2 Å². The molecular weight excluding hydrogens is 351 g/mol. The maximum absolute atomic E-state index is 12.6. The summed E-state index contributed by atoms with van der Waals surface area (Å²) in [6.07, 6.45) is 0. The van der Waals surface area contributed by atoms with E-state index in [9.17, 15) is 14.9 Å². The monoisotopic (exact) mass is 364 g/mol. The van der Waals surface area contributed by atoms with Gasteiger partial charge in [0.05, 0.1) is 16.5 Å². The van der Waals surface area contributed by atoms with Crippen molar-refractivity contribution in [2.75, 3.05) is 5.32 Å². The lowest BCUT2D eigenvalue weighted by molar-refractivity contribution is -0.384. The first-order valence-electron chi connectivity index (χ1n) is 7.31. The Bertz CT molecular complexity index is 809. The predicted molar refractivity (Wildman–Crippen MR) is 93.6 cm³/mol. The molecule has 2 aromatic carbocycles. The van der Waals surface area contributed by atoms with Crippen molar-refractivity contribution >= 4 is 40.5 Å². The molecule has 0 saturated heterocycles. The molecule has 0 heterocycles. The first-order valence-corrected chi connectivity index (χ1v) is 8.06. The molecule has 1 saturated carbocycles. The highest BCUT2D eigenvalue weighted by Gasteiger charge is 2.67. The number of carbonyl (C=O) groups excluding carboxylic acids is 1. The number of alkyl halides is 2. The van der Waals surface area contributed by atoms with Gasteiger partial charge in [-0.3, -0.25) is 14.9 Å². The Hall–Kier alpha value is -2.11. The Morgan fingerprint density at radius 3 is 2.50 bits per heavy atom. The van der Waals surface area contributed by atoms with E-state index in [2.05, 4.69) is 5.32 Å². The van der Waals surface area contributed by atoms with Gasteiger partial charge in [0.25, 0.3) is 5.69 Å². The molecule has 1 aliphatic carbocycles. The third-order valence-electron chi connectivity index (χ3n) is 4.18. The van der Waals surface area contributed by atoms with E-state index in [4.69, 9.17) is 23.2 Å². The minimum absolute atomic E-state index is 0.0886. The molecule has 0 unspecified atom stereocenters. The van der Waals surface area contributed by atoms with Gasteiger partial charge in [-0.15, -0.1) is 23.2 Å². The van der Waals surface area contributed by atoms with Gasteiger partial charge in [-0.25, -0.2) is 0 Å². The Kier molecular flexibility index (Phi) is 4.24. The lowest BCUT2D eigenvalue weighted by Crippen LogP contribution is -2.17. The third-order valence-corrected chi connectivity index (χ3v) is 5.12. The first kappa shape index (κ1) is 16.7. The van der Waals surface area contributed by atoms with Crippen molar-refractivity contribution in [3.8, 4) is 0 Å². The quantitative estimate of drug-likeness (QED) is 0.495. The van der Waals surface area contributed by atoms with Crippen LogP contribution in [-0.2, 0) is 4.79 Å². The van der Waals surface area contributed by atoms with E-state index in [-0.39, 0.29) is 17.5 Å². The topological polar surface area (TPSA) is 72.2 Å². The fourth-order valence-electron chi connectivity index (χ4n) is 2.80. The molecule has 0 aromatic heterocycles. The number of aryl methyl sites for hydroxylation is 1. The van der Waals surface area contributed by atoms with Crippen LogP contribution >= 0.6 is 23.2 Å². The van der Waals surface area contributed by atoms with Gasteiger partial charge in [-0.1, -0.05) is 36.4 Å². The summed E-state index contributed by atoms with van der Waals surface area (Å²) in [5, 5.41) is 13.6. The number of amides is 1. The third kappa shape index (κ3) is 2.97. The van der Waals surface area contributed by atoms with E-state index in [1.54, 1.807) is 13.0 Å². The molecule has 2 atom stereocenters. The zero-order valence-electron chi connectivity index (χ0n) is 12.7. The van der Waals surface area contributed by atoms with Gasteiger partial charge in [0.1, 0.15) is 4.33 Å². The summed E-state index contributed by atoms with van der Waals surface area (Å²) >= 11 is 12.6. The molecule has 2 aromatic rings. The average Bonchev–Trinajstić information content (AvgIpc) is 3.12. The molecular formula is C17H14Cl2N2O3. The number of hydrogen-bond donors (Lipinski definition) is 1. The van der Waals surface area contributed by atoms with E-state index in [0.717, 1.165) is 11.1 Å². The Morgan fingerprint density at radius 2 is 1.88 bits per heavy atom. The zero-order valence-corrected chi connectivity index (χ0v) is 14.2. The van der Waals surface area contributed by atoms with Gasteiger partial charge < -0.3 is 5.32 Å². The summed E-state index contributed by atoms with van der Waals surface area (Å²) < 4.78 is -1.18. The number of carbonyl (C=O) groups is 1. The second kappa shape index (κ2) is 6.07. The van der Waals surface area contributed by atoms with Gasteiger partial charge >= 0.3 is 0 Å². The second-order valence-electron chi connectivity index (χ2n) is 5.79. The molecule has 124 valence electrons. The van der Waals surface area contributed by atoms with Crippen LogP contribution in [0.2, 0.25) is 0 Å². The van der Waals surface area contributed by atoms with Crippen LogP contribution in [0.1, 0.15) is 17.0 Å². The molecule has 3 rings (SSSR count). The largest absolute Gasteiger partial charge is 0.325 e. The second-order valence-corrected chi connectivity index (χ2v) is 7.23. The normalized spacial score (nSPS) is 21.1. The number of anilines is 1. The minimum Gasteiger partial charge on any atom is -0.325 e. The summed E-state index contributed by atoms with van der Waals surface area (Å²) in [4.78, 5) is 22.9. The first-order chi connectivity index (χ1) is 11.3. The maximum Gasteiger partial charge on any atom is 0.271 e. The summed E-state index contributed by atoms with van der Waals surface area (Å²) in [7, 11) is 0.